The van der Waals surface area contributed by atoms with Gasteiger partial charge in [0.25, 0.3) is 0 Å². The van der Waals surface area contributed by atoms with Crippen LogP contribution in [0.4, 0.5) is 0 Å². The summed E-state index contributed by atoms with van der Waals surface area (Å²) in [5.41, 5.74) is 11.0. The van der Waals surface area contributed by atoms with Crippen LogP contribution in [0.3, 0.4) is 0 Å². The van der Waals surface area contributed by atoms with Gasteiger partial charge in [-0.25, -0.2) is 11.1 Å². The van der Waals surface area contributed by atoms with Gasteiger partial charge < -0.3 is 24.8 Å². The Balaban J connectivity index is 0.000000566. The number of rotatable bonds is 4. The average Bonchev–Trinajstić information content (AvgIpc) is 3.33. The van der Waals surface area contributed by atoms with Crippen LogP contribution in [0.15, 0.2) is 71.8 Å². The van der Waals surface area contributed by atoms with Gasteiger partial charge in [0.15, 0.2) is 0 Å². The normalized spacial score (nSPS) is 17.5. The zero-order valence-corrected chi connectivity index (χ0v) is 28.1. The maximum absolute atomic E-state index is 3.43. The van der Waals surface area contributed by atoms with E-state index in [2.05, 4.69) is 127 Å². The van der Waals surface area contributed by atoms with Crippen LogP contribution < -0.4 is 24.8 Å². The summed E-state index contributed by atoms with van der Waals surface area (Å²) in [5, 5.41) is 0. The quantitative estimate of drug-likeness (QED) is 0.367. The Kier molecular flexibility index (Phi) is 17.1. The van der Waals surface area contributed by atoms with Gasteiger partial charge >= 0.3 is 41.9 Å². The van der Waals surface area contributed by atoms with Crippen molar-refractivity contribution in [2.45, 2.75) is 67.5 Å². The van der Waals surface area contributed by atoms with E-state index >= 15 is 0 Å². The minimum absolute atomic E-state index is 0. The maximum Gasteiger partial charge on any atom is -1.00 e. The average molecular weight is 615 g/mol. The SMILES string of the molecule is CCc1cccc(C2=CC(C)[C-]=C2C)c1.CCc1cccc(C2=CC(C)[C-]=C2C)c1.C[Si](C)=[Zr+2].[Cl-].[Cl-]. The van der Waals surface area contributed by atoms with Crippen molar-refractivity contribution in [1.29, 1.82) is 0 Å². The molecule has 2 unspecified atom stereocenters. The first-order valence-corrected chi connectivity index (χ1v) is 18.7. The van der Waals surface area contributed by atoms with Crippen molar-refractivity contribution in [2.75, 3.05) is 0 Å². The molecule has 0 fully saturated rings. The minimum atomic E-state index is 0. The van der Waals surface area contributed by atoms with Gasteiger partial charge in [-0.3, -0.25) is 12.2 Å². The molecule has 0 saturated heterocycles. The van der Waals surface area contributed by atoms with Crippen LogP contribution in [0.25, 0.3) is 11.1 Å². The van der Waals surface area contributed by atoms with Crippen LogP contribution in [0.2, 0.25) is 13.1 Å². The second-order valence-electron chi connectivity index (χ2n) is 9.38. The third kappa shape index (κ3) is 11.2. The van der Waals surface area contributed by atoms with Crippen molar-refractivity contribution < 1.29 is 48.1 Å². The molecule has 2 aromatic rings. The molecule has 4 heteroatoms. The van der Waals surface area contributed by atoms with Crippen molar-refractivity contribution in [3.63, 3.8) is 0 Å². The zero-order chi connectivity index (χ0) is 25.3. The number of aryl methyl sites for hydroxylation is 2. The number of hydrogen-bond donors (Lipinski definition) is 0. The number of allylic oxidation sites excluding steroid dienone is 8. The van der Waals surface area contributed by atoms with E-state index in [1.165, 1.54) is 44.5 Å². The molecule has 2 atom stereocenters. The molecule has 192 valence electrons. The van der Waals surface area contributed by atoms with E-state index in [9.17, 15) is 0 Å². The predicted octanol–water partition coefficient (Wildman–Crippen LogP) is 2.86. The first-order chi connectivity index (χ1) is 16.1. The van der Waals surface area contributed by atoms with Gasteiger partial charge in [0.05, 0.1) is 0 Å². The van der Waals surface area contributed by atoms with Crippen molar-refractivity contribution in [1.82, 2.24) is 0 Å². The zero-order valence-electron chi connectivity index (χ0n) is 23.1. The molecule has 0 bridgehead atoms. The molecule has 0 radical (unpaired) electrons. The van der Waals surface area contributed by atoms with Crippen LogP contribution in [0, 0.1) is 24.0 Å². The largest absolute Gasteiger partial charge is 1.00 e. The third-order valence-electron chi connectivity index (χ3n) is 5.82. The molecule has 2 aliphatic rings. The molecule has 36 heavy (non-hydrogen) atoms. The second-order valence-corrected chi connectivity index (χ2v) is 18.8. The van der Waals surface area contributed by atoms with Crippen molar-refractivity contribution in [3.05, 3.63) is 106 Å². The summed E-state index contributed by atoms with van der Waals surface area (Å²) in [4.78, 5) is 0. The Bertz CT molecular complexity index is 1040. The number of hydrogen-bond acceptors (Lipinski definition) is 0. The molecule has 4 rings (SSSR count). The van der Waals surface area contributed by atoms with Gasteiger partial charge in [-0.15, -0.1) is 11.1 Å². The smallest absolute Gasteiger partial charge is 1.00 e. The Labute approximate surface area is 248 Å². The molecule has 0 aromatic heterocycles. The van der Waals surface area contributed by atoms with Gasteiger partial charge in [0.1, 0.15) is 0 Å². The molecule has 0 saturated carbocycles. The molecule has 0 heterocycles. The molecule has 2 aromatic carbocycles. The van der Waals surface area contributed by atoms with Gasteiger partial charge in [-0.2, -0.15) is 23.3 Å². The fraction of sp³-hybridized carbons (Fsp3) is 0.375. The fourth-order valence-electron chi connectivity index (χ4n) is 4.21. The second kappa shape index (κ2) is 17.6. The van der Waals surface area contributed by atoms with E-state index < -0.39 is 0 Å². The standard InChI is InChI=1S/2C15H17.C2H6Si.2ClH.Zr/c2*1-4-13-6-5-7-14(10-13)15-9-11(2)8-12(15)3;1-3-2;;;/h2*5-7,9-11H,4H2,1-3H3;1-2H3;2*1H;/q2*-1;;;;+2/p-2. The summed E-state index contributed by atoms with van der Waals surface area (Å²) in [6.07, 6.45) is 13.6. The molecule has 2 aliphatic carbocycles. The molecule has 0 aliphatic heterocycles. The Morgan fingerprint density at radius 2 is 1.06 bits per heavy atom. The van der Waals surface area contributed by atoms with Crippen LogP contribution in [-0.2, 0) is 36.2 Å². The van der Waals surface area contributed by atoms with Gasteiger partial charge in [0, 0.05) is 0 Å². The molecule has 0 N–H and O–H groups in total. The van der Waals surface area contributed by atoms with Crippen LogP contribution in [0.1, 0.15) is 63.8 Å². The summed E-state index contributed by atoms with van der Waals surface area (Å²) >= 11 is 1.74. The fourth-order valence-corrected chi connectivity index (χ4v) is 4.21. The maximum atomic E-state index is 3.43. The summed E-state index contributed by atoms with van der Waals surface area (Å²) in [6, 6.07) is 17.6. The third-order valence-corrected chi connectivity index (χ3v) is 5.82. The molecule has 0 amide bonds. The predicted molar refractivity (Wildman–Crippen MR) is 148 cm³/mol. The van der Waals surface area contributed by atoms with Gasteiger partial charge in [0.2, 0.25) is 0 Å². The number of halogens is 2. The molecule has 0 spiro atoms. The van der Waals surface area contributed by atoms with Crippen molar-refractivity contribution in [2.24, 2.45) is 11.8 Å². The molecular weight excluding hydrogens is 575 g/mol. The monoisotopic (exact) mass is 612 g/mol. The van der Waals surface area contributed by atoms with Crippen LogP contribution >= 0.6 is 0 Å². The van der Waals surface area contributed by atoms with E-state index in [4.69, 9.17) is 0 Å². The van der Waals surface area contributed by atoms with E-state index in [1.807, 2.05) is 0 Å². The first-order valence-electron chi connectivity index (χ1n) is 12.5. The molecule has 0 nitrogen and oxygen atoms in total. The van der Waals surface area contributed by atoms with Crippen LogP contribution in [0.5, 0.6) is 0 Å². The Hall–Kier alpha value is -0.920. The number of benzene rings is 2. The Morgan fingerprint density at radius 1 is 0.722 bits per heavy atom. The van der Waals surface area contributed by atoms with Crippen molar-refractivity contribution >= 4 is 16.6 Å². The van der Waals surface area contributed by atoms with Gasteiger partial charge in [-0.05, 0) is 24.0 Å². The van der Waals surface area contributed by atoms with E-state index in [-0.39, 0.29) is 30.2 Å². The Morgan fingerprint density at radius 3 is 1.31 bits per heavy atom. The van der Waals surface area contributed by atoms with Crippen molar-refractivity contribution in [3.8, 4) is 0 Å². The van der Waals surface area contributed by atoms with Gasteiger partial charge in [-0.1, -0.05) is 102 Å². The summed E-state index contributed by atoms with van der Waals surface area (Å²) < 4.78 is 0. The summed E-state index contributed by atoms with van der Waals surface area (Å²) in [6.45, 7) is 17.7. The van der Waals surface area contributed by atoms with Crippen LogP contribution in [-0.4, -0.2) is 5.43 Å². The molecular formula is C32H40Cl2SiZr-2. The summed E-state index contributed by atoms with van der Waals surface area (Å²) in [5.74, 6) is 0.926. The minimum Gasteiger partial charge on any atom is -1.00 e. The topological polar surface area (TPSA) is 0 Å². The van der Waals surface area contributed by atoms with E-state index in [0.717, 1.165) is 12.8 Å². The van der Waals surface area contributed by atoms with E-state index in [0.29, 0.717) is 11.8 Å². The first kappa shape index (κ1) is 35.1. The van der Waals surface area contributed by atoms with E-state index in [1.54, 1.807) is 23.3 Å². The summed E-state index contributed by atoms with van der Waals surface area (Å²) in [7, 11) is 0.